The van der Waals surface area contributed by atoms with Crippen molar-refractivity contribution in [2.75, 3.05) is 0 Å². The largest absolute Gasteiger partial charge is 0.414 e. The van der Waals surface area contributed by atoms with Crippen molar-refractivity contribution in [1.29, 1.82) is 0 Å². The van der Waals surface area contributed by atoms with E-state index in [1.165, 1.54) is 11.3 Å². The van der Waals surface area contributed by atoms with E-state index in [1.807, 2.05) is 41.8 Å². The first-order valence-corrected chi connectivity index (χ1v) is 6.18. The van der Waals surface area contributed by atoms with Crippen LogP contribution in [0.15, 0.2) is 47.8 Å². The number of nitrogens with two attached hydrogens (primary N) is 1. The zero-order chi connectivity index (χ0) is 12.1. The second kappa shape index (κ2) is 5.61. The summed E-state index contributed by atoms with van der Waals surface area (Å²) in [6, 6.07) is 12.6. The van der Waals surface area contributed by atoms with Gasteiger partial charge in [-0.05, 0) is 29.5 Å². The molecule has 0 spiro atoms. The average Bonchev–Trinajstić information content (AvgIpc) is 2.83. The molecule has 2 rings (SSSR count). The van der Waals surface area contributed by atoms with Crippen molar-refractivity contribution in [2.24, 2.45) is 5.73 Å². The summed E-state index contributed by atoms with van der Waals surface area (Å²) in [5.74, 6) is -0.392. The number of carbonyl (C=O) groups is 1. The highest BCUT2D eigenvalue weighted by molar-refractivity contribution is 7.11. The lowest BCUT2D eigenvalue weighted by molar-refractivity contribution is -0.135. The lowest BCUT2D eigenvalue weighted by Crippen LogP contribution is -2.36. The maximum absolute atomic E-state index is 11.7. The Morgan fingerprint density at radius 3 is 2.65 bits per heavy atom. The molecule has 0 bridgehead atoms. The van der Waals surface area contributed by atoms with E-state index >= 15 is 0 Å². The monoisotopic (exact) mass is 247 g/mol. The molecule has 0 aliphatic carbocycles. The number of carbonyl (C=O) groups excluding carboxylic acids is 1. The predicted molar refractivity (Wildman–Crippen MR) is 68.1 cm³/mol. The number of hydrogen-bond donors (Lipinski definition) is 1. The zero-order valence-corrected chi connectivity index (χ0v) is 10.0. The standard InChI is InChI=1S/C13H13NO2S/c14-11(9-10-5-2-1-3-6-10)13(15)16-12-7-4-8-17-12/h1-8,11H,9,14H2/t11-/m0/s1. The summed E-state index contributed by atoms with van der Waals surface area (Å²) in [7, 11) is 0. The number of ether oxygens (including phenoxy) is 1. The van der Waals surface area contributed by atoms with E-state index in [4.69, 9.17) is 10.5 Å². The van der Waals surface area contributed by atoms with Crippen molar-refractivity contribution >= 4 is 17.3 Å². The smallest absolute Gasteiger partial charge is 0.329 e. The van der Waals surface area contributed by atoms with Gasteiger partial charge < -0.3 is 10.5 Å². The SMILES string of the molecule is N[C@@H](Cc1ccccc1)C(=O)Oc1cccs1. The fraction of sp³-hybridized carbons (Fsp3) is 0.154. The minimum absolute atomic E-state index is 0.392. The lowest BCUT2D eigenvalue weighted by Gasteiger charge is -2.09. The Hall–Kier alpha value is -1.65. The molecule has 0 amide bonds. The Morgan fingerprint density at radius 1 is 1.24 bits per heavy atom. The van der Waals surface area contributed by atoms with Crippen molar-refractivity contribution in [3.8, 4) is 5.06 Å². The molecule has 4 heteroatoms. The first-order valence-electron chi connectivity index (χ1n) is 5.30. The second-order valence-corrected chi connectivity index (χ2v) is 4.56. The van der Waals surface area contributed by atoms with Gasteiger partial charge in [0.1, 0.15) is 6.04 Å². The number of hydrogen-bond acceptors (Lipinski definition) is 4. The third-order valence-corrected chi connectivity index (χ3v) is 3.04. The van der Waals surface area contributed by atoms with Gasteiger partial charge in [-0.2, -0.15) is 0 Å². The molecule has 1 heterocycles. The second-order valence-electron chi connectivity index (χ2n) is 3.65. The third-order valence-electron chi connectivity index (χ3n) is 2.30. The van der Waals surface area contributed by atoms with Crippen LogP contribution >= 0.6 is 11.3 Å². The topological polar surface area (TPSA) is 52.3 Å². The van der Waals surface area contributed by atoms with Gasteiger partial charge in [0, 0.05) is 0 Å². The Morgan fingerprint density at radius 2 is 2.00 bits per heavy atom. The Bertz CT molecular complexity index is 467. The van der Waals surface area contributed by atoms with Gasteiger partial charge in [0.2, 0.25) is 0 Å². The summed E-state index contributed by atoms with van der Waals surface area (Å²) in [4.78, 5) is 11.7. The molecule has 0 unspecified atom stereocenters. The van der Waals surface area contributed by atoms with Gasteiger partial charge >= 0.3 is 5.97 Å². The van der Waals surface area contributed by atoms with Crippen LogP contribution in [0, 0.1) is 0 Å². The molecule has 0 aliphatic heterocycles. The Labute approximate surface area is 104 Å². The Kier molecular flexibility index (Phi) is 3.90. The van der Waals surface area contributed by atoms with Crippen molar-refractivity contribution in [1.82, 2.24) is 0 Å². The van der Waals surface area contributed by atoms with Crippen molar-refractivity contribution < 1.29 is 9.53 Å². The van der Waals surface area contributed by atoms with Crippen LogP contribution in [-0.2, 0) is 11.2 Å². The first-order chi connectivity index (χ1) is 8.25. The quantitative estimate of drug-likeness (QED) is 0.843. The predicted octanol–water partition coefficient (Wildman–Crippen LogP) is 2.22. The summed E-state index contributed by atoms with van der Waals surface area (Å²) in [5, 5.41) is 2.43. The fourth-order valence-electron chi connectivity index (χ4n) is 1.45. The normalized spacial score (nSPS) is 12.1. The highest BCUT2D eigenvalue weighted by atomic mass is 32.1. The van der Waals surface area contributed by atoms with Crippen LogP contribution in [-0.4, -0.2) is 12.0 Å². The lowest BCUT2D eigenvalue weighted by atomic mass is 10.1. The van der Waals surface area contributed by atoms with Crippen LogP contribution in [0.1, 0.15) is 5.56 Å². The molecule has 0 fully saturated rings. The van der Waals surface area contributed by atoms with E-state index in [1.54, 1.807) is 6.07 Å². The maximum atomic E-state index is 11.7. The van der Waals surface area contributed by atoms with Gasteiger partial charge in [0.05, 0.1) is 0 Å². The van der Waals surface area contributed by atoms with E-state index in [2.05, 4.69) is 0 Å². The van der Waals surface area contributed by atoms with Crippen LogP contribution in [0.25, 0.3) is 0 Å². The van der Waals surface area contributed by atoms with Gasteiger partial charge in [-0.25, -0.2) is 4.79 Å². The van der Waals surface area contributed by atoms with Gasteiger partial charge in [0.15, 0.2) is 5.06 Å². The summed E-state index contributed by atoms with van der Waals surface area (Å²) >= 11 is 1.38. The molecule has 17 heavy (non-hydrogen) atoms. The molecule has 88 valence electrons. The van der Waals surface area contributed by atoms with E-state index in [0.29, 0.717) is 11.5 Å². The molecular formula is C13H13NO2S. The zero-order valence-electron chi connectivity index (χ0n) is 9.21. The Balaban J connectivity index is 1.92. The molecule has 1 atom stereocenters. The van der Waals surface area contributed by atoms with Gasteiger partial charge in [-0.15, -0.1) is 11.3 Å². The number of benzene rings is 1. The van der Waals surface area contributed by atoms with E-state index in [-0.39, 0.29) is 0 Å². The molecule has 2 aromatic rings. The summed E-state index contributed by atoms with van der Waals surface area (Å²) in [6.07, 6.45) is 0.491. The molecule has 0 radical (unpaired) electrons. The van der Waals surface area contributed by atoms with Crippen LogP contribution < -0.4 is 10.5 Å². The molecule has 0 saturated heterocycles. The molecule has 0 aliphatic rings. The molecule has 0 saturated carbocycles. The van der Waals surface area contributed by atoms with Gasteiger partial charge in [-0.3, -0.25) is 0 Å². The average molecular weight is 247 g/mol. The molecular weight excluding hydrogens is 234 g/mol. The molecule has 1 aromatic heterocycles. The third kappa shape index (κ3) is 3.41. The first kappa shape index (κ1) is 11.8. The number of thiophene rings is 1. The summed E-state index contributed by atoms with van der Waals surface area (Å²) < 4.78 is 5.14. The van der Waals surface area contributed by atoms with E-state index in [0.717, 1.165) is 5.56 Å². The summed E-state index contributed by atoms with van der Waals surface area (Å²) in [5.41, 5.74) is 6.83. The summed E-state index contributed by atoms with van der Waals surface area (Å²) in [6.45, 7) is 0. The number of rotatable bonds is 4. The van der Waals surface area contributed by atoms with Gasteiger partial charge in [0.25, 0.3) is 0 Å². The molecule has 3 nitrogen and oxygen atoms in total. The highest BCUT2D eigenvalue weighted by Crippen LogP contribution is 2.18. The van der Waals surface area contributed by atoms with E-state index < -0.39 is 12.0 Å². The maximum Gasteiger partial charge on any atom is 0.329 e. The minimum Gasteiger partial charge on any atom is -0.414 e. The van der Waals surface area contributed by atoms with Crippen LogP contribution in [0.5, 0.6) is 5.06 Å². The fourth-order valence-corrected chi connectivity index (χ4v) is 2.03. The minimum atomic E-state index is -0.625. The van der Waals surface area contributed by atoms with Crippen LogP contribution in [0.2, 0.25) is 0 Å². The highest BCUT2D eigenvalue weighted by Gasteiger charge is 2.16. The molecule has 2 N–H and O–H groups in total. The van der Waals surface area contributed by atoms with Crippen molar-refractivity contribution in [2.45, 2.75) is 12.5 Å². The molecule has 1 aromatic carbocycles. The van der Waals surface area contributed by atoms with E-state index in [9.17, 15) is 4.79 Å². The van der Waals surface area contributed by atoms with Gasteiger partial charge in [-0.1, -0.05) is 30.3 Å². The van der Waals surface area contributed by atoms with Crippen molar-refractivity contribution in [3.63, 3.8) is 0 Å². The van der Waals surface area contributed by atoms with Crippen molar-refractivity contribution in [3.05, 3.63) is 53.4 Å². The van der Waals surface area contributed by atoms with Crippen LogP contribution in [0.4, 0.5) is 0 Å². The van der Waals surface area contributed by atoms with Crippen LogP contribution in [0.3, 0.4) is 0 Å². The number of esters is 1.